The average Bonchev–Trinajstić information content (AvgIpc) is 2.79. The molecule has 1 aliphatic rings. The number of aliphatic carboxylic acids is 1. The molecule has 0 saturated carbocycles. The van der Waals surface area contributed by atoms with E-state index in [0.717, 1.165) is 19.5 Å². The van der Waals surface area contributed by atoms with Crippen molar-refractivity contribution < 1.29 is 9.90 Å². The summed E-state index contributed by atoms with van der Waals surface area (Å²) in [5.41, 5.74) is 1.33. The predicted molar refractivity (Wildman–Crippen MR) is 67.0 cm³/mol. The number of nitrogens with zero attached hydrogens (tertiary/aromatic N) is 1. The highest BCUT2D eigenvalue weighted by Gasteiger charge is 2.28. The summed E-state index contributed by atoms with van der Waals surface area (Å²) in [6.45, 7) is 4.76. The number of carbonyl (C=O) groups is 1. The van der Waals surface area contributed by atoms with Gasteiger partial charge < -0.3 is 10.0 Å². The Balaban J connectivity index is 1.88. The van der Waals surface area contributed by atoms with E-state index in [1.165, 1.54) is 5.56 Å². The first-order chi connectivity index (χ1) is 8.16. The number of likely N-dealkylation sites (tertiary alicyclic amines) is 1. The van der Waals surface area contributed by atoms with Crippen LogP contribution in [0.2, 0.25) is 0 Å². The molecular weight excluding hydrogens is 214 g/mol. The van der Waals surface area contributed by atoms with Crippen LogP contribution in [0.4, 0.5) is 0 Å². The van der Waals surface area contributed by atoms with E-state index in [-0.39, 0.29) is 5.92 Å². The van der Waals surface area contributed by atoms with Crippen LogP contribution in [-0.4, -0.2) is 35.6 Å². The standard InChI is InChI=1S/C14H19NO2/c1-11(12-5-3-2-4-6-12)9-15-8-7-13(10-15)14(16)17/h2-6,11,13H,7-10H2,1H3,(H,16,17)/t11-,13-/m0/s1. The molecule has 1 N–H and O–H groups in total. The first-order valence-electron chi connectivity index (χ1n) is 6.17. The van der Waals surface area contributed by atoms with E-state index in [1.807, 2.05) is 6.07 Å². The second-order valence-electron chi connectivity index (χ2n) is 4.90. The zero-order valence-corrected chi connectivity index (χ0v) is 10.2. The Morgan fingerprint density at radius 1 is 1.47 bits per heavy atom. The maximum atomic E-state index is 10.9. The lowest BCUT2D eigenvalue weighted by atomic mass is 10.0. The van der Waals surface area contributed by atoms with E-state index in [1.54, 1.807) is 0 Å². The number of hydrogen-bond donors (Lipinski definition) is 1. The lowest BCUT2D eigenvalue weighted by Gasteiger charge is -2.20. The molecule has 1 saturated heterocycles. The molecule has 0 unspecified atom stereocenters. The van der Waals surface area contributed by atoms with Crippen molar-refractivity contribution in [2.45, 2.75) is 19.3 Å². The highest BCUT2D eigenvalue weighted by molar-refractivity contribution is 5.70. The summed E-state index contributed by atoms with van der Waals surface area (Å²) in [6, 6.07) is 10.4. The minimum Gasteiger partial charge on any atom is -0.481 e. The summed E-state index contributed by atoms with van der Waals surface area (Å²) < 4.78 is 0. The molecule has 0 radical (unpaired) electrons. The fourth-order valence-electron chi connectivity index (χ4n) is 2.47. The summed E-state index contributed by atoms with van der Waals surface area (Å²) in [5.74, 6) is -0.360. The molecule has 0 aromatic heterocycles. The SMILES string of the molecule is C[C@@H](CN1CC[C@H](C(=O)O)C1)c1ccccc1. The largest absolute Gasteiger partial charge is 0.481 e. The molecule has 1 aromatic carbocycles. The predicted octanol–water partition coefficient (Wildman–Crippen LogP) is 2.20. The van der Waals surface area contributed by atoms with Crippen molar-refractivity contribution in [1.82, 2.24) is 4.90 Å². The monoisotopic (exact) mass is 233 g/mol. The lowest BCUT2D eigenvalue weighted by Crippen LogP contribution is -2.27. The van der Waals surface area contributed by atoms with Gasteiger partial charge in [0.15, 0.2) is 0 Å². The Morgan fingerprint density at radius 3 is 2.76 bits per heavy atom. The van der Waals surface area contributed by atoms with Gasteiger partial charge in [0.1, 0.15) is 0 Å². The highest BCUT2D eigenvalue weighted by Crippen LogP contribution is 2.21. The third-order valence-corrected chi connectivity index (χ3v) is 3.52. The van der Waals surface area contributed by atoms with Gasteiger partial charge in [-0.15, -0.1) is 0 Å². The van der Waals surface area contributed by atoms with Crippen molar-refractivity contribution in [3.8, 4) is 0 Å². The summed E-state index contributed by atoms with van der Waals surface area (Å²) >= 11 is 0. The Kier molecular flexibility index (Phi) is 3.79. The van der Waals surface area contributed by atoms with Gasteiger partial charge in [-0.1, -0.05) is 37.3 Å². The molecule has 2 atom stereocenters. The summed E-state index contributed by atoms with van der Waals surface area (Å²) in [4.78, 5) is 13.1. The molecule has 1 fully saturated rings. The third kappa shape index (κ3) is 3.07. The molecule has 0 amide bonds. The average molecular weight is 233 g/mol. The Labute approximate surface area is 102 Å². The molecular formula is C14H19NO2. The second-order valence-corrected chi connectivity index (χ2v) is 4.90. The quantitative estimate of drug-likeness (QED) is 0.866. The molecule has 1 aromatic rings. The van der Waals surface area contributed by atoms with Gasteiger partial charge in [-0.2, -0.15) is 0 Å². The number of carboxylic acid groups (broad SMARTS) is 1. The summed E-state index contributed by atoms with van der Waals surface area (Å²) in [5, 5.41) is 8.96. The van der Waals surface area contributed by atoms with Gasteiger partial charge in [0, 0.05) is 13.1 Å². The van der Waals surface area contributed by atoms with E-state index in [4.69, 9.17) is 5.11 Å². The highest BCUT2D eigenvalue weighted by atomic mass is 16.4. The van der Waals surface area contributed by atoms with Gasteiger partial charge in [-0.25, -0.2) is 0 Å². The molecule has 1 aliphatic heterocycles. The molecule has 2 rings (SSSR count). The van der Waals surface area contributed by atoms with E-state index in [2.05, 4.69) is 36.1 Å². The molecule has 3 heteroatoms. The minimum absolute atomic E-state index is 0.169. The van der Waals surface area contributed by atoms with Crippen molar-refractivity contribution in [1.29, 1.82) is 0 Å². The Morgan fingerprint density at radius 2 is 2.18 bits per heavy atom. The van der Waals surface area contributed by atoms with Crippen molar-refractivity contribution >= 4 is 5.97 Å². The topological polar surface area (TPSA) is 40.5 Å². The van der Waals surface area contributed by atoms with Crippen molar-refractivity contribution in [3.05, 3.63) is 35.9 Å². The third-order valence-electron chi connectivity index (χ3n) is 3.52. The molecule has 0 spiro atoms. The number of benzene rings is 1. The van der Waals surface area contributed by atoms with Crippen LogP contribution in [0, 0.1) is 5.92 Å². The molecule has 3 nitrogen and oxygen atoms in total. The van der Waals surface area contributed by atoms with E-state index >= 15 is 0 Å². The van der Waals surface area contributed by atoms with Gasteiger partial charge in [0.05, 0.1) is 5.92 Å². The first kappa shape index (κ1) is 12.1. The van der Waals surface area contributed by atoms with Crippen LogP contribution in [0.15, 0.2) is 30.3 Å². The fourth-order valence-corrected chi connectivity index (χ4v) is 2.47. The maximum Gasteiger partial charge on any atom is 0.307 e. The van der Waals surface area contributed by atoms with Crippen LogP contribution < -0.4 is 0 Å². The number of carboxylic acids is 1. The molecule has 92 valence electrons. The van der Waals surface area contributed by atoms with E-state index in [9.17, 15) is 4.79 Å². The minimum atomic E-state index is -0.653. The van der Waals surface area contributed by atoms with Crippen molar-refractivity contribution in [3.63, 3.8) is 0 Å². The molecule has 1 heterocycles. The fraction of sp³-hybridized carbons (Fsp3) is 0.500. The van der Waals surface area contributed by atoms with E-state index in [0.29, 0.717) is 12.5 Å². The Hall–Kier alpha value is -1.35. The summed E-state index contributed by atoms with van der Waals surface area (Å²) in [6.07, 6.45) is 0.789. The summed E-state index contributed by atoms with van der Waals surface area (Å²) in [7, 11) is 0. The van der Waals surface area contributed by atoms with Crippen LogP contribution in [0.5, 0.6) is 0 Å². The normalized spacial score (nSPS) is 22.5. The number of rotatable bonds is 4. The second kappa shape index (κ2) is 5.32. The molecule has 17 heavy (non-hydrogen) atoms. The van der Waals surface area contributed by atoms with Gasteiger partial charge >= 0.3 is 5.97 Å². The smallest absolute Gasteiger partial charge is 0.307 e. The number of hydrogen-bond acceptors (Lipinski definition) is 2. The van der Waals surface area contributed by atoms with Gasteiger partial charge in [-0.3, -0.25) is 4.79 Å². The molecule has 0 bridgehead atoms. The van der Waals surface area contributed by atoms with Crippen LogP contribution in [0.1, 0.15) is 24.8 Å². The maximum absolute atomic E-state index is 10.9. The van der Waals surface area contributed by atoms with Crippen molar-refractivity contribution in [2.75, 3.05) is 19.6 Å². The van der Waals surface area contributed by atoms with Crippen LogP contribution >= 0.6 is 0 Å². The first-order valence-corrected chi connectivity index (χ1v) is 6.17. The van der Waals surface area contributed by atoms with Gasteiger partial charge in [0.25, 0.3) is 0 Å². The van der Waals surface area contributed by atoms with Crippen LogP contribution in [-0.2, 0) is 4.79 Å². The van der Waals surface area contributed by atoms with Crippen molar-refractivity contribution in [2.24, 2.45) is 5.92 Å². The Bertz CT molecular complexity index is 377. The van der Waals surface area contributed by atoms with Gasteiger partial charge in [0.2, 0.25) is 0 Å². The zero-order valence-electron chi connectivity index (χ0n) is 10.2. The van der Waals surface area contributed by atoms with Crippen LogP contribution in [0.3, 0.4) is 0 Å². The van der Waals surface area contributed by atoms with Gasteiger partial charge in [-0.05, 0) is 24.4 Å². The zero-order chi connectivity index (χ0) is 12.3. The van der Waals surface area contributed by atoms with Crippen LogP contribution in [0.25, 0.3) is 0 Å². The van der Waals surface area contributed by atoms with E-state index < -0.39 is 5.97 Å². The molecule has 0 aliphatic carbocycles. The lowest BCUT2D eigenvalue weighted by molar-refractivity contribution is -0.141.